The number of amides is 2. The molecular weight excluding hydrogens is 336 g/mol. The molecule has 0 bridgehead atoms. The molecule has 0 saturated carbocycles. The van der Waals surface area contributed by atoms with Gasteiger partial charge in [-0.25, -0.2) is 0 Å². The first-order valence-electron chi connectivity index (χ1n) is 8.32. The van der Waals surface area contributed by atoms with Crippen molar-refractivity contribution in [3.63, 3.8) is 0 Å². The number of ether oxygens (including phenoxy) is 1. The predicted octanol–water partition coefficient (Wildman–Crippen LogP) is 0.253. The lowest BCUT2D eigenvalue weighted by Crippen LogP contribution is -2.39. The number of benzene rings is 1. The first-order chi connectivity index (χ1) is 12.7. The number of carbonyl (C=O) groups excluding carboxylic acids is 2. The lowest BCUT2D eigenvalue weighted by Gasteiger charge is -2.18. The minimum Gasteiger partial charge on any atom is -0.490 e. The fourth-order valence-corrected chi connectivity index (χ4v) is 2.52. The number of aromatic nitrogens is 4. The van der Waals surface area contributed by atoms with Crippen molar-refractivity contribution in [3.05, 3.63) is 36.9 Å². The minimum absolute atomic E-state index is 0.0548. The predicted molar refractivity (Wildman–Crippen MR) is 93.2 cm³/mol. The Hall–Kier alpha value is -3.23. The van der Waals surface area contributed by atoms with Gasteiger partial charge in [0, 0.05) is 18.7 Å². The molecule has 136 valence electrons. The molecule has 1 aliphatic rings. The summed E-state index contributed by atoms with van der Waals surface area (Å²) in [6, 6.07) is 7.25. The van der Waals surface area contributed by atoms with Crippen molar-refractivity contribution in [1.29, 1.82) is 0 Å². The van der Waals surface area contributed by atoms with E-state index in [2.05, 4.69) is 27.3 Å². The molecule has 2 aromatic rings. The Morgan fingerprint density at radius 1 is 1.35 bits per heavy atom. The van der Waals surface area contributed by atoms with Crippen LogP contribution in [-0.2, 0) is 16.1 Å². The van der Waals surface area contributed by atoms with Crippen LogP contribution in [0.15, 0.2) is 36.9 Å². The van der Waals surface area contributed by atoms with Crippen LogP contribution in [0.5, 0.6) is 5.75 Å². The van der Waals surface area contributed by atoms with Gasteiger partial charge in [-0.15, -0.1) is 10.2 Å². The summed E-state index contributed by atoms with van der Waals surface area (Å²) in [4.78, 5) is 26.7. The van der Waals surface area contributed by atoms with Crippen LogP contribution in [0.2, 0.25) is 0 Å². The SMILES string of the molecule is C=CCOc1ccc(-c2nnn(CC(=O)N3CCCNC(=O)C3)n2)cc1. The number of hydrogen-bond acceptors (Lipinski definition) is 6. The molecule has 1 aromatic heterocycles. The van der Waals surface area contributed by atoms with E-state index in [9.17, 15) is 9.59 Å². The average Bonchev–Trinajstić information content (AvgIpc) is 3.00. The molecule has 0 spiro atoms. The molecule has 1 aliphatic heterocycles. The molecule has 1 fully saturated rings. The molecular formula is C17H20N6O3. The Labute approximate surface area is 150 Å². The Kier molecular flexibility index (Phi) is 5.57. The summed E-state index contributed by atoms with van der Waals surface area (Å²) in [6.07, 6.45) is 2.40. The molecule has 3 rings (SSSR count). The van der Waals surface area contributed by atoms with E-state index in [0.29, 0.717) is 25.5 Å². The van der Waals surface area contributed by atoms with Gasteiger partial charge in [-0.1, -0.05) is 12.7 Å². The van der Waals surface area contributed by atoms with Gasteiger partial charge in [-0.3, -0.25) is 9.59 Å². The van der Waals surface area contributed by atoms with Crippen molar-refractivity contribution in [2.45, 2.75) is 13.0 Å². The van der Waals surface area contributed by atoms with Gasteiger partial charge in [0.1, 0.15) is 18.9 Å². The summed E-state index contributed by atoms with van der Waals surface area (Å²) in [6.45, 7) is 5.16. The standard InChI is InChI=1S/C17H20N6O3/c1-2-10-26-14-6-4-13(5-7-14)17-19-21-23(20-17)12-16(25)22-9-3-8-18-15(24)11-22/h2,4-7H,1,3,8-12H2,(H,18,24). The first kappa shape index (κ1) is 17.6. The smallest absolute Gasteiger partial charge is 0.246 e. The fourth-order valence-electron chi connectivity index (χ4n) is 2.52. The topological polar surface area (TPSA) is 102 Å². The lowest BCUT2D eigenvalue weighted by molar-refractivity contribution is -0.136. The quantitative estimate of drug-likeness (QED) is 0.745. The molecule has 9 heteroatoms. The fraction of sp³-hybridized carbons (Fsp3) is 0.353. The zero-order chi connectivity index (χ0) is 18.4. The normalized spacial score (nSPS) is 14.5. The lowest BCUT2D eigenvalue weighted by atomic mass is 10.2. The van der Waals surface area contributed by atoms with Gasteiger partial charge in [0.05, 0.1) is 6.54 Å². The molecule has 0 radical (unpaired) electrons. The van der Waals surface area contributed by atoms with E-state index in [1.807, 2.05) is 12.1 Å². The molecule has 2 amide bonds. The summed E-state index contributed by atoms with van der Waals surface area (Å²) in [5.74, 6) is 0.776. The molecule has 26 heavy (non-hydrogen) atoms. The Balaban J connectivity index is 1.63. The van der Waals surface area contributed by atoms with Crippen LogP contribution >= 0.6 is 0 Å². The second kappa shape index (κ2) is 8.24. The van der Waals surface area contributed by atoms with Gasteiger partial charge >= 0.3 is 0 Å². The third-order valence-electron chi connectivity index (χ3n) is 3.82. The van der Waals surface area contributed by atoms with E-state index in [4.69, 9.17) is 4.74 Å². The van der Waals surface area contributed by atoms with E-state index in [-0.39, 0.29) is 24.9 Å². The first-order valence-corrected chi connectivity index (χ1v) is 8.32. The van der Waals surface area contributed by atoms with Crippen molar-refractivity contribution in [2.75, 3.05) is 26.2 Å². The minimum atomic E-state index is -0.209. The molecule has 1 saturated heterocycles. The van der Waals surface area contributed by atoms with E-state index in [0.717, 1.165) is 17.7 Å². The Bertz CT molecular complexity index is 786. The highest BCUT2D eigenvalue weighted by atomic mass is 16.5. The van der Waals surface area contributed by atoms with Gasteiger partial charge in [0.25, 0.3) is 0 Å². The molecule has 0 unspecified atom stereocenters. The molecule has 9 nitrogen and oxygen atoms in total. The van der Waals surface area contributed by atoms with Crippen LogP contribution in [0.1, 0.15) is 6.42 Å². The maximum Gasteiger partial charge on any atom is 0.246 e. The monoisotopic (exact) mass is 356 g/mol. The number of hydrogen-bond donors (Lipinski definition) is 1. The second-order valence-electron chi connectivity index (χ2n) is 5.79. The van der Waals surface area contributed by atoms with Crippen molar-refractivity contribution < 1.29 is 14.3 Å². The van der Waals surface area contributed by atoms with Crippen molar-refractivity contribution >= 4 is 11.8 Å². The summed E-state index contributed by atoms with van der Waals surface area (Å²) < 4.78 is 5.43. The number of nitrogens with zero attached hydrogens (tertiary/aromatic N) is 5. The van der Waals surface area contributed by atoms with Gasteiger partial charge in [0.15, 0.2) is 0 Å². The van der Waals surface area contributed by atoms with Crippen LogP contribution in [0.3, 0.4) is 0 Å². The third kappa shape index (κ3) is 4.44. The third-order valence-corrected chi connectivity index (χ3v) is 3.82. The molecule has 0 aliphatic carbocycles. The maximum atomic E-state index is 12.3. The van der Waals surface area contributed by atoms with Crippen LogP contribution in [0, 0.1) is 0 Å². The van der Waals surface area contributed by atoms with Crippen LogP contribution in [-0.4, -0.2) is 63.2 Å². The van der Waals surface area contributed by atoms with Crippen LogP contribution < -0.4 is 10.1 Å². The number of rotatable bonds is 6. The van der Waals surface area contributed by atoms with E-state index in [1.54, 1.807) is 18.2 Å². The highest BCUT2D eigenvalue weighted by molar-refractivity contribution is 5.85. The Morgan fingerprint density at radius 2 is 2.15 bits per heavy atom. The van der Waals surface area contributed by atoms with Gasteiger partial charge < -0.3 is 15.0 Å². The van der Waals surface area contributed by atoms with Crippen LogP contribution in [0.25, 0.3) is 11.4 Å². The van der Waals surface area contributed by atoms with E-state index < -0.39 is 0 Å². The molecule has 0 atom stereocenters. The van der Waals surface area contributed by atoms with Gasteiger partial charge in [-0.2, -0.15) is 4.80 Å². The number of nitrogens with one attached hydrogen (secondary N) is 1. The second-order valence-corrected chi connectivity index (χ2v) is 5.79. The van der Waals surface area contributed by atoms with E-state index >= 15 is 0 Å². The van der Waals surface area contributed by atoms with Crippen molar-refractivity contribution in [1.82, 2.24) is 30.4 Å². The molecule has 1 N–H and O–H groups in total. The van der Waals surface area contributed by atoms with Gasteiger partial charge in [0.2, 0.25) is 17.6 Å². The van der Waals surface area contributed by atoms with Gasteiger partial charge in [-0.05, 0) is 35.9 Å². The van der Waals surface area contributed by atoms with Crippen molar-refractivity contribution in [2.24, 2.45) is 0 Å². The van der Waals surface area contributed by atoms with Crippen molar-refractivity contribution in [3.8, 4) is 17.1 Å². The largest absolute Gasteiger partial charge is 0.490 e. The zero-order valence-electron chi connectivity index (χ0n) is 14.3. The number of tetrazole rings is 1. The average molecular weight is 356 g/mol. The number of carbonyl (C=O) groups is 2. The Morgan fingerprint density at radius 3 is 2.92 bits per heavy atom. The summed E-state index contributed by atoms with van der Waals surface area (Å²) in [7, 11) is 0. The summed E-state index contributed by atoms with van der Waals surface area (Å²) in [5, 5.41) is 14.9. The molecule has 2 heterocycles. The van der Waals surface area contributed by atoms with Crippen LogP contribution in [0.4, 0.5) is 0 Å². The zero-order valence-corrected chi connectivity index (χ0v) is 14.3. The highest BCUT2D eigenvalue weighted by Crippen LogP contribution is 2.18. The maximum absolute atomic E-state index is 12.3. The molecule has 1 aromatic carbocycles. The summed E-state index contributed by atoms with van der Waals surface area (Å²) >= 11 is 0. The summed E-state index contributed by atoms with van der Waals surface area (Å²) in [5.41, 5.74) is 0.767. The van der Waals surface area contributed by atoms with E-state index in [1.165, 1.54) is 9.70 Å². The highest BCUT2D eigenvalue weighted by Gasteiger charge is 2.20.